The number of amides is 1. The molecule has 1 aromatic heterocycles. The molecule has 1 amide bonds. The summed E-state index contributed by atoms with van der Waals surface area (Å²) in [6.07, 6.45) is 29.5. The predicted octanol–water partition coefficient (Wildman–Crippen LogP) is 7.39. The molecule has 186 valence electrons. The third-order valence-electron chi connectivity index (χ3n) is 7.59. The first-order valence-corrected chi connectivity index (χ1v) is 14.2. The van der Waals surface area contributed by atoms with Crippen molar-refractivity contribution in [3.63, 3.8) is 0 Å². The number of aromatic nitrogens is 2. The Morgan fingerprint density at radius 3 is 1.91 bits per heavy atom. The molecule has 1 aliphatic carbocycles. The first-order valence-electron chi connectivity index (χ1n) is 14.2. The summed E-state index contributed by atoms with van der Waals surface area (Å²) in [7, 11) is 0. The second-order valence-electron chi connectivity index (χ2n) is 10.4. The standard InChI is InChI=1S/C28H48N4O/c33-27(32-21-15-10-16-22-32)26-23-30-28(31-24-26)29-20-14-9-7-5-3-1-2-4-6-8-11-17-25-18-12-13-19-25/h23-25H,1-22H2,(H,29,30,31). The lowest BCUT2D eigenvalue weighted by molar-refractivity contribution is 0.0723. The van der Waals surface area contributed by atoms with Crippen LogP contribution in [0.1, 0.15) is 132 Å². The summed E-state index contributed by atoms with van der Waals surface area (Å²) in [5.74, 6) is 1.78. The summed E-state index contributed by atoms with van der Waals surface area (Å²) in [6, 6.07) is 0. The van der Waals surface area contributed by atoms with E-state index in [4.69, 9.17) is 0 Å². The fourth-order valence-corrected chi connectivity index (χ4v) is 5.46. The van der Waals surface area contributed by atoms with Gasteiger partial charge in [-0.1, -0.05) is 96.3 Å². The molecule has 0 bridgehead atoms. The van der Waals surface area contributed by atoms with Crippen LogP contribution in [-0.2, 0) is 0 Å². The van der Waals surface area contributed by atoms with Crippen LogP contribution in [0.4, 0.5) is 5.95 Å². The topological polar surface area (TPSA) is 58.1 Å². The maximum Gasteiger partial charge on any atom is 0.256 e. The monoisotopic (exact) mass is 456 g/mol. The van der Waals surface area contributed by atoms with Crippen LogP contribution in [0.25, 0.3) is 0 Å². The van der Waals surface area contributed by atoms with E-state index >= 15 is 0 Å². The van der Waals surface area contributed by atoms with Gasteiger partial charge in [0.15, 0.2) is 0 Å². The van der Waals surface area contributed by atoms with E-state index in [1.807, 2.05) is 4.90 Å². The maximum atomic E-state index is 12.5. The molecule has 1 saturated carbocycles. The summed E-state index contributed by atoms with van der Waals surface area (Å²) in [6.45, 7) is 2.62. The SMILES string of the molecule is O=C(c1cnc(NCCCCCCCCCCCCCC2CCCC2)nc1)N1CCCCC1. The zero-order valence-electron chi connectivity index (χ0n) is 21.0. The summed E-state index contributed by atoms with van der Waals surface area (Å²) in [5.41, 5.74) is 0.603. The van der Waals surface area contributed by atoms with Crippen molar-refractivity contribution in [1.82, 2.24) is 14.9 Å². The molecule has 2 heterocycles. The van der Waals surface area contributed by atoms with Crippen LogP contribution in [0.3, 0.4) is 0 Å². The minimum Gasteiger partial charge on any atom is -0.354 e. The highest BCUT2D eigenvalue weighted by molar-refractivity contribution is 5.93. The molecule has 0 atom stereocenters. The summed E-state index contributed by atoms with van der Waals surface area (Å²) < 4.78 is 0. The van der Waals surface area contributed by atoms with Crippen LogP contribution in [0.5, 0.6) is 0 Å². The molecule has 1 aromatic rings. The Morgan fingerprint density at radius 1 is 0.758 bits per heavy atom. The highest BCUT2D eigenvalue weighted by atomic mass is 16.2. The van der Waals surface area contributed by atoms with E-state index in [0.717, 1.165) is 44.8 Å². The fourth-order valence-electron chi connectivity index (χ4n) is 5.46. The number of unbranched alkanes of at least 4 members (excludes halogenated alkanes) is 10. The van der Waals surface area contributed by atoms with E-state index in [0.29, 0.717) is 11.5 Å². The van der Waals surface area contributed by atoms with Crippen molar-refractivity contribution >= 4 is 11.9 Å². The van der Waals surface area contributed by atoms with E-state index in [2.05, 4.69) is 15.3 Å². The molecule has 0 radical (unpaired) electrons. The van der Waals surface area contributed by atoms with E-state index in [1.165, 1.54) is 103 Å². The zero-order valence-corrected chi connectivity index (χ0v) is 21.0. The molecule has 5 heteroatoms. The molecule has 0 spiro atoms. The molecule has 5 nitrogen and oxygen atoms in total. The molecular weight excluding hydrogens is 408 g/mol. The lowest BCUT2D eigenvalue weighted by atomic mass is 9.99. The number of hydrogen-bond acceptors (Lipinski definition) is 4. The van der Waals surface area contributed by atoms with Crippen LogP contribution < -0.4 is 5.32 Å². The summed E-state index contributed by atoms with van der Waals surface area (Å²) >= 11 is 0. The Labute approximate surface area is 202 Å². The quantitative estimate of drug-likeness (QED) is 0.263. The van der Waals surface area contributed by atoms with Crippen molar-refractivity contribution in [2.75, 3.05) is 25.0 Å². The van der Waals surface area contributed by atoms with Gasteiger partial charge in [-0.05, 0) is 31.6 Å². The van der Waals surface area contributed by atoms with Gasteiger partial charge in [0.1, 0.15) is 0 Å². The molecule has 3 rings (SSSR count). The van der Waals surface area contributed by atoms with Crippen molar-refractivity contribution in [3.05, 3.63) is 18.0 Å². The van der Waals surface area contributed by atoms with Gasteiger partial charge in [0.25, 0.3) is 5.91 Å². The van der Waals surface area contributed by atoms with Crippen LogP contribution >= 0.6 is 0 Å². The lowest BCUT2D eigenvalue weighted by Gasteiger charge is -2.26. The second kappa shape index (κ2) is 16.1. The molecule has 2 aliphatic rings. The van der Waals surface area contributed by atoms with E-state index in [1.54, 1.807) is 12.4 Å². The number of piperidine rings is 1. The van der Waals surface area contributed by atoms with Crippen LogP contribution in [0.15, 0.2) is 12.4 Å². The van der Waals surface area contributed by atoms with Gasteiger partial charge in [-0.25, -0.2) is 9.97 Å². The van der Waals surface area contributed by atoms with E-state index < -0.39 is 0 Å². The molecule has 1 N–H and O–H groups in total. The Kier molecular flexibility index (Phi) is 12.6. The van der Waals surface area contributed by atoms with Gasteiger partial charge in [0.05, 0.1) is 5.56 Å². The summed E-state index contributed by atoms with van der Waals surface area (Å²) in [5, 5.41) is 3.30. The normalized spacial score (nSPS) is 16.9. The van der Waals surface area contributed by atoms with Gasteiger partial charge in [0.2, 0.25) is 5.95 Å². The highest BCUT2D eigenvalue weighted by Crippen LogP contribution is 2.29. The van der Waals surface area contributed by atoms with Gasteiger partial charge < -0.3 is 10.2 Å². The second-order valence-corrected chi connectivity index (χ2v) is 10.4. The van der Waals surface area contributed by atoms with Crippen molar-refractivity contribution < 1.29 is 4.79 Å². The zero-order chi connectivity index (χ0) is 23.0. The van der Waals surface area contributed by atoms with Crippen LogP contribution in [0, 0.1) is 5.92 Å². The summed E-state index contributed by atoms with van der Waals surface area (Å²) in [4.78, 5) is 23.1. The Balaban J connectivity index is 1.09. The number of anilines is 1. The molecule has 2 fully saturated rings. The van der Waals surface area contributed by atoms with Crippen molar-refractivity contribution in [1.29, 1.82) is 0 Å². The molecule has 33 heavy (non-hydrogen) atoms. The van der Waals surface area contributed by atoms with Gasteiger partial charge in [0, 0.05) is 32.0 Å². The van der Waals surface area contributed by atoms with Crippen molar-refractivity contribution in [2.45, 2.75) is 122 Å². The van der Waals surface area contributed by atoms with Gasteiger partial charge in [-0.2, -0.15) is 0 Å². The van der Waals surface area contributed by atoms with E-state index in [9.17, 15) is 4.79 Å². The number of rotatable bonds is 16. The molecule has 1 saturated heterocycles. The number of carbonyl (C=O) groups is 1. The van der Waals surface area contributed by atoms with Gasteiger partial charge in [-0.15, -0.1) is 0 Å². The minimum atomic E-state index is 0.0700. The molecule has 1 aliphatic heterocycles. The minimum absolute atomic E-state index is 0.0700. The largest absolute Gasteiger partial charge is 0.354 e. The lowest BCUT2D eigenvalue weighted by Crippen LogP contribution is -2.35. The fraction of sp³-hybridized carbons (Fsp3) is 0.821. The third kappa shape index (κ3) is 10.4. The number of nitrogens with one attached hydrogen (secondary N) is 1. The average Bonchev–Trinajstić information content (AvgIpc) is 3.38. The number of likely N-dealkylation sites (tertiary alicyclic amines) is 1. The first kappa shape index (κ1) is 26.0. The predicted molar refractivity (Wildman–Crippen MR) is 138 cm³/mol. The van der Waals surface area contributed by atoms with Crippen molar-refractivity contribution in [2.24, 2.45) is 5.92 Å². The number of carbonyl (C=O) groups excluding carboxylic acids is 1. The Hall–Kier alpha value is -1.65. The van der Waals surface area contributed by atoms with Gasteiger partial charge >= 0.3 is 0 Å². The van der Waals surface area contributed by atoms with Crippen molar-refractivity contribution in [3.8, 4) is 0 Å². The Bertz CT molecular complexity index is 636. The molecular formula is C28H48N4O. The third-order valence-corrected chi connectivity index (χ3v) is 7.59. The maximum absolute atomic E-state index is 12.5. The number of hydrogen-bond donors (Lipinski definition) is 1. The van der Waals surface area contributed by atoms with Gasteiger partial charge in [-0.3, -0.25) is 4.79 Å². The van der Waals surface area contributed by atoms with E-state index in [-0.39, 0.29) is 5.91 Å². The smallest absolute Gasteiger partial charge is 0.256 e. The molecule has 0 aromatic carbocycles. The Morgan fingerprint density at radius 2 is 1.30 bits per heavy atom. The van der Waals surface area contributed by atoms with Crippen LogP contribution in [-0.4, -0.2) is 40.4 Å². The highest BCUT2D eigenvalue weighted by Gasteiger charge is 2.18. The first-order chi connectivity index (χ1) is 16.3. The number of nitrogens with zero attached hydrogens (tertiary/aromatic N) is 3. The average molecular weight is 457 g/mol. The molecule has 0 unspecified atom stereocenters. The van der Waals surface area contributed by atoms with Crippen LogP contribution in [0.2, 0.25) is 0 Å².